The van der Waals surface area contributed by atoms with Crippen molar-refractivity contribution < 1.29 is 27.5 Å². The number of ether oxygens (including phenoxy) is 2. The zero-order valence-electron chi connectivity index (χ0n) is 24.4. The maximum atomic E-state index is 14.3. The maximum Gasteiger partial charge on any atom is 0.244 e. The van der Waals surface area contributed by atoms with Gasteiger partial charge in [-0.1, -0.05) is 67.6 Å². The molecule has 1 heterocycles. The van der Waals surface area contributed by atoms with Gasteiger partial charge in [-0.2, -0.15) is 0 Å². The molecule has 9 nitrogen and oxygen atoms in total. The van der Waals surface area contributed by atoms with Gasteiger partial charge in [0.2, 0.25) is 21.8 Å². The smallest absolute Gasteiger partial charge is 0.244 e. The molecular weight excluding hydrogens is 554 g/mol. The van der Waals surface area contributed by atoms with Gasteiger partial charge in [-0.15, -0.1) is 0 Å². The number of benzene rings is 3. The molecule has 2 unspecified atom stereocenters. The third-order valence-electron chi connectivity index (χ3n) is 7.26. The molecule has 0 bridgehead atoms. The minimum absolute atomic E-state index is 0.0980. The minimum atomic E-state index is -3.88. The molecule has 0 fully saturated rings. The second kappa shape index (κ2) is 14.2. The van der Waals surface area contributed by atoms with Crippen LogP contribution in [0.4, 0.5) is 5.69 Å². The van der Waals surface area contributed by atoms with Gasteiger partial charge in [-0.3, -0.25) is 13.9 Å². The van der Waals surface area contributed by atoms with Gasteiger partial charge >= 0.3 is 0 Å². The third kappa shape index (κ3) is 7.82. The van der Waals surface area contributed by atoms with E-state index in [0.717, 1.165) is 21.9 Å². The van der Waals surface area contributed by atoms with Crippen LogP contribution in [0.25, 0.3) is 0 Å². The van der Waals surface area contributed by atoms with E-state index in [1.54, 1.807) is 18.2 Å². The van der Waals surface area contributed by atoms with Gasteiger partial charge in [-0.05, 0) is 43.5 Å². The average Bonchev–Trinajstić information content (AvgIpc) is 3.02. The van der Waals surface area contributed by atoms with E-state index in [0.29, 0.717) is 24.7 Å². The molecule has 42 heavy (non-hydrogen) atoms. The van der Waals surface area contributed by atoms with Crippen molar-refractivity contribution in [2.24, 2.45) is 0 Å². The summed E-state index contributed by atoms with van der Waals surface area (Å²) < 4.78 is 39.1. The van der Waals surface area contributed by atoms with E-state index < -0.39 is 28.5 Å². The first-order valence-corrected chi connectivity index (χ1v) is 15.9. The number of hydrogen-bond donors (Lipinski definition) is 1. The zero-order chi connectivity index (χ0) is 30.1. The molecular formula is C32H39N3O6S. The van der Waals surface area contributed by atoms with Gasteiger partial charge < -0.3 is 19.7 Å². The fourth-order valence-corrected chi connectivity index (χ4v) is 5.74. The number of fused-ring (bicyclic) bond motifs is 1. The van der Waals surface area contributed by atoms with Gasteiger partial charge in [0.1, 0.15) is 25.8 Å². The lowest BCUT2D eigenvalue weighted by Crippen LogP contribution is -2.54. The van der Waals surface area contributed by atoms with Crippen molar-refractivity contribution in [2.45, 2.75) is 52.2 Å². The lowest BCUT2D eigenvalue weighted by Gasteiger charge is -2.34. The van der Waals surface area contributed by atoms with E-state index in [4.69, 9.17) is 9.47 Å². The summed E-state index contributed by atoms with van der Waals surface area (Å²) in [6, 6.07) is 22.7. The molecule has 0 aliphatic carbocycles. The monoisotopic (exact) mass is 593 g/mol. The second-order valence-electron chi connectivity index (χ2n) is 10.3. The van der Waals surface area contributed by atoms with Crippen LogP contribution >= 0.6 is 0 Å². The van der Waals surface area contributed by atoms with Crippen LogP contribution in [-0.4, -0.2) is 62.7 Å². The second-order valence-corrected chi connectivity index (χ2v) is 12.4. The van der Waals surface area contributed by atoms with E-state index in [1.807, 2.05) is 74.5 Å². The number of hydrogen-bond acceptors (Lipinski definition) is 6. The molecule has 0 aromatic heterocycles. The first-order valence-electron chi connectivity index (χ1n) is 14.3. The van der Waals surface area contributed by atoms with E-state index in [-0.39, 0.29) is 36.4 Å². The largest absolute Gasteiger partial charge is 0.486 e. The summed E-state index contributed by atoms with van der Waals surface area (Å²) >= 11 is 0. The summed E-state index contributed by atoms with van der Waals surface area (Å²) in [5, 5.41) is 3.04. The molecule has 2 amide bonds. The normalized spacial score (nSPS) is 14.0. The fraction of sp³-hybridized carbons (Fsp3) is 0.375. The van der Waals surface area contributed by atoms with Crippen molar-refractivity contribution in [3.8, 4) is 11.5 Å². The van der Waals surface area contributed by atoms with Crippen LogP contribution < -0.4 is 19.1 Å². The molecule has 0 radical (unpaired) electrons. The lowest BCUT2D eigenvalue weighted by molar-refractivity contribution is -0.140. The molecule has 1 aliphatic rings. The summed E-state index contributed by atoms with van der Waals surface area (Å²) in [5.74, 6) is -0.0678. The fourth-order valence-electron chi connectivity index (χ4n) is 4.68. The number of nitrogens with one attached hydrogen (secondary N) is 1. The Hall–Kier alpha value is -4.05. The van der Waals surface area contributed by atoms with E-state index in [2.05, 4.69) is 5.32 Å². The van der Waals surface area contributed by atoms with Crippen LogP contribution in [-0.2, 0) is 32.6 Å². The van der Waals surface area contributed by atoms with Crippen LogP contribution in [0, 0.1) is 0 Å². The molecule has 224 valence electrons. The SMILES string of the molecule is CCC(C)NC(=O)C(Cc1ccccc1)N(Cc1ccccc1)C(=O)CN(c1ccc2c(c1)OCCO2)S(=O)(=O)CC. The predicted molar refractivity (Wildman–Crippen MR) is 163 cm³/mol. The van der Waals surface area contributed by atoms with Crippen LogP contribution in [0.1, 0.15) is 38.3 Å². The van der Waals surface area contributed by atoms with Crippen molar-refractivity contribution in [1.29, 1.82) is 0 Å². The molecule has 0 saturated carbocycles. The standard InChI is InChI=1S/C32H39N3O6S/c1-4-24(3)33-32(37)28(20-25-12-8-6-9-13-25)34(22-26-14-10-7-11-15-26)31(36)23-35(42(38,39)5-2)27-16-17-29-30(21-27)41-19-18-40-29/h6-17,21,24,28H,4-5,18-20,22-23H2,1-3H3,(H,33,37). The van der Waals surface area contributed by atoms with Crippen LogP contribution in [0.3, 0.4) is 0 Å². The van der Waals surface area contributed by atoms with E-state index in [1.165, 1.54) is 11.8 Å². The van der Waals surface area contributed by atoms with Crippen molar-refractivity contribution in [2.75, 3.05) is 29.8 Å². The Balaban J connectivity index is 1.73. The van der Waals surface area contributed by atoms with Crippen molar-refractivity contribution in [1.82, 2.24) is 10.2 Å². The van der Waals surface area contributed by atoms with Gasteiger partial charge in [0.05, 0.1) is 11.4 Å². The highest BCUT2D eigenvalue weighted by Gasteiger charge is 2.34. The van der Waals surface area contributed by atoms with E-state index >= 15 is 0 Å². The number of anilines is 1. The summed E-state index contributed by atoms with van der Waals surface area (Å²) in [4.78, 5) is 29.5. The summed E-state index contributed by atoms with van der Waals surface area (Å²) in [5.41, 5.74) is 2.00. The molecule has 0 saturated heterocycles. The van der Waals surface area contributed by atoms with Gasteiger partial charge in [0, 0.05) is 25.1 Å². The summed E-state index contributed by atoms with van der Waals surface area (Å²) in [7, 11) is -3.88. The Kier molecular flexibility index (Phi) is 10.5. The topological polar surface area (TPSA) is 105 Å². The molecule has 3 aromatic rings. The molecule has 10 heteroatoms. The highest BCUT2D eigenvalue weighted by Crippen LogP contribution is 2.35. The molecule has 1 N–H and O–H groups in total. The number of rotatable bonds is 13. The predicted octanol–water partition coefficient (Wildman–Crippen LogP) is 4.17. The quantitative estimate of drug-likeness (QED) is 0.319. The van der Waals surface area contributed by atoms with Gasteiger partial charge in [-0.25, -0.2) is 8.42 Å². The number of nitrogens with zero attached hydrogens (tertiary/aromatic N) is 2. The number of amides is 2. The number of carbonyl (C=O) groups is 2. The van der Waals surface area contributed by atoms with Crippen LogP contribution in [0.2, 0.25) is 0 Å². The van der Waals surface area contributed by atoms with Crippen molar-refractivity contribution in [3.05, 3.63) is 90.0 Å². The molecule has 4 rings (SSSR count). The molecule has 1 aliphatic heterocycles. The Bertz CT molecular complexity index is 1450. The maximum absolute atomic E-state index is 14.3. The molecule has 0 spiro atoms. The van der Waals surface area contributed by atoms with Crippen molar-refractivity contribution >= 4 is 27.5 Å². The summed E-state index contributed by atoms with van der Waals surface area (Å²) in [6.07, 6.45) is 0.995. The minimum Gasteiger partial charge on any atom is -0.486 e. The summed E-state index contributed by atoms with van der Waals surface area (Å²) in [6.45, 7) is 5.81. The lowest BCUT2D eigenvalue weighted by atomic mass is 10.0. The highest BCUT2D eigenvalue weighted by atomic mass is 32.2. The van der Waals surface area contributed by atoms with Crippen LogP contribution in [0.15, 0.2) is 78.9 Å². The first-order chi connectivity index (χ1) is 20.2. The van der Waals surface area contributed by atoms with Crippen LogP contribution in [0.5, 0.6) is 11.5 Å². The highest BCUT2D eigenvalue weighted by molar-refractivity contribution is 7.92. The molecule has 3 aromatic carbocycles. The van der Waals surface area contributed by atoms with Gasteiger partial charge in [0.15, 0.2) is 11.5 Å². The average molecular weight is 594 g/mol. The van der Waals surface area contributed by atoms with Crippen molar-refractivity contribution in [3.63, 3.8) is 0 Å². The number of sulfonamides is 1. The Labute approximate surface area is 248 Å². The Morgan fingerprint density at radius 1 is 0.881 bits per heavy atom. The first kappa shape index (κ1) is 30.9. The third-order valence-corrected chi connectivity index (χ3v) is 9.00. The zero-order valence-corrected chi connectivity index (χ0v) is 25.2. The Morgan fingerprint density at radius 2 is 1.50 bits per heavy atom. The molecule has 2 atom stereocenters. The Morgan fingerprint density at radius 3 is 2.12 bits per heavy atom. The van der Waals surface area contributed by atoms with Gasteiger partial charge in [0.25, 0.3) is 0 Å². The van der Waals surface area contributed by atoms with E-state index in [9.17, 15) is 18.0 Å². The number of carbonyl (C=O) groups excluding carboxylic acids is 2.